The van der Waals surface area contributed by atoms with Gasteiger partial charge in [0.25, 0.3) is 0 Å². The first-order valence-corrected chi connectivity index (χ1v) is 7.94. The van der Waals surface area contributed by atoms with Crippen LogP contribution in [-0.2, 0) is 6.42 Å². The third-order valence-electron chi connectivity index (χ3n) is 3.86. The molecule has 0 radical (unpaired) electrons. The minimum atomic E-state index is -0.508. The van der Waals surface area contributed by atoms with Crippen LogP contribution in [0, 0.1) is 0 Å². The Kier molecular flexibility index (Phi) is 3.10. The Labute approximate surface area is 115 Å². The molecular formula is C13H18BrNOS. The standard InChI is InChI=1S/C13H18BrNOS/c1-9-5-13(16,8-15(9)11-2-3-11)6-12-4-10(14)7-17-12/h4,7,9,11,16H,2-3,5-6,8H2,1H3. The Morgan fingerprint density at radius 1 is 1.59 bits per heavy atom. The third-order valence-corrected chi connectivity index (χ3v) is 5.56. The van der Waals surface area contributed by atoms with Gasteiger partial charge in [-0.05, 0) is 48.2 Å². The quantitative estimate of drug-likeness (QED) is 0.926. The summed E-state index contributed by atoms with van der Waals surface area (Å²) in [5.41, 5.74) is -0.508. The number of nitrogens with zero attached hydrogens (tertiary/aromatic N) is 1. The summed E-state index contributed by atoms with van der Waals surface area (Å²) in [6, 6.07) is 3.43. The van der Waals surface area contributed by atoms with Gasteiger partial charge in [0.05, 0.1) is 5.60 Å². The SMILES string of the molecule is CC1CC(O)(Cc2cc(Br)cs2)CN1C1CC1. The van der Waals surface area contributed by atoms with E-state index in [0.717, 1.165) is 29.9 Å². The molecule has 2 fully saturated rings. The van der Waals surface area contributed by atoms with E-state index >= 15 is 0 Å². The third kappa shape index (κ3) is 2.60. The number of hydrogen-bond donors (Lipinski definition) is 1. The van der Waals surface area contributed by atoms with Crippen molar-refractivity contribution in [1.29, 1.82) is 0 Å². The van der Waals surface area contributed by atoms with Crippen LogP contribution in [0.4, 0.5) is 0 Å². The molecule has 4 heteroatoms. The zero-order valence-electron chi connectivity index (χ0n) is 10.0. The average Bonchev–Trinajstić information content (AvgIpc) is 2.94. The largest absolute Gasteiger partial charge is 0.388 e. The van der Waals surface area contributed by atoms with Crippen LogP contribution in [0.25, 0.3) is 0 Å². The van der Waals surface area contributed by atoms with Crippen LogP contribution in [0.2, 0.25) is 0 Å². The summed E-state index contributed by atoms with van der Waals surface area (Å²) in [5.74, 6) is 0. The predicted molar refractivity (Wildman–Crippen MR) is 74.5 cm³/mol. The van der Waals surface area contributed by atoms with Gasteiger partial charge in [-0.25, -0.2) is 0 Å². The summed E-state index contributed by atoms with van der Waals surface area (Å²) < 4.78 is 1.13. The first-order chi connectivity index (χ1) is 8.06. The molecule has 0 bridgehead atoms. The number of aliphatic hydroxyl groups is 1. The van der Waals surface area contributed by atoms with E-state index in [-0.39, 0.29) is 0 Å². The summed E-state index contributed by atoms with van der Waals surface area (Å²) in [6.45, 7) is 3.11. The fourth-order valence-corrected chi connectivity index (χ4v) is 4.61. The minimum Gasteiger partial charge on any atom is -0.388 e. The van der Waals surface area contributed by atoms with E-state index in [4.69, 9.17) is 0 Å². The van der Waals surface area contributed by atoms with Crippen molar-refractivity contribution in [1.82, 2.24) is 4.90 Å². The fourth-order valence-electron chi connectivity index (χ4n) is 3.02. The van der Waals surface area contributed by atoms with Gasteiger partial charge in [-0.1, -0.05) is 0 Å². The second-order valence-corrected chi connectivity index (χ2v) is 7.50. The highest BCUT2D eigenvalue weighted by molar-refractivity contribution is 9.10. The summed E-state index contributed by atoms with van der Waals surface area (Å²) >= 11 is 5.21. The van der Waals surface area contributed by atoms with Crippen LogP contribution in [-0.4, -0.2) is 34.2 Å². The molecule has 1 aliphatic heterocycles. The minimum absolute atomic E-state index is 0.508. The van der Waals surface area contributed by atoms with Gasteiger partial charge in [-0.2, -0.15) is 0 Å². The molecule has 1 N–H and O–H groups in total. The Bertz CT molecular complexity index is 417. The van der Waals surface area contributed by atoms with Crippen molar-refractivity contribution >= 4 is 27.3 Å². The van der Waals surface area contributed by atoms with Crippen molar-refractivity contribution in [3.8, 4) is 0 Å². The first-order valence-electron chi connectivity index (χ1n) is 6.27. The summed E-state index contributed by atoms with van der Waals surface area (Å²) in [5, 5.41) is 12.8. The monoisotopic (exact) mass is 315 g/mol. The second-order valence-electron chi connectivity index (χ2n) is 5.59. The van der Waals surface area contributed by atoms with Crippen LogP contribution in [0.15, 0.2) is 15.9 Å². The Hall–Kier alpha value is 0.1000. The topological polar surface area (TPSA) is 23.5 Å². The van der Waals surface area contributed by atoms with Gasteiger partial charge in [0, 0.05) is 39.8 Å². The van der Waals surface area contributed by atoms with Crippen LogP contribution >= 0.6 is 27.3 Å². The highest BCUT2D eigenvalue weighted by Gasteiger charge is 2.46. The summed E-state index contributed by atoms with van der Waals surface area (Å²) in [7, 11) is 0. The lowest BCUT2D eigenvalue weighted by Gasteiger charge is -2.23. The normalized spacial score (nSPS) is 34.4. The first kappa shape index (κ1) is 12.2. The Balaban J connectivity index is 1.69. The maximum absolute atomic E-state index is 10.7. The zero-order valence-corrected chi connectivity index (χ0v) is 12.4. The number of likely N-dealkylation sites (tertiary alicyclic amines) is 1. The van der Waals surface area contributed by atoms with Crippen molar-refractivity contribution < 1.29 is 5.11 Å². The van der Waals surface area contributed by atoms with Crippen molar-refractivity contribution in [2.75, 3.05) is 6.54 Å². The van der Waals surface area contributed by atoms with Gasteiger partial charge in [-0.15, -0.1) is 11.3 Å². The van der Waals surface area contributed by atoms with Crippen LogP contribution in [0.5, 0.6) is 0 Å². The van der Waals surface area contributed by atoms with Gasteiger partial charge in [0.1, 0.15) is 0 Å². The van der Waals surface area contributed by atoms with E-state index in [9.17, 15) is 5.11 Å². The molecule has 3 rings (SSSR count). The molecule has 0 amide bonds. The van der Waals surface area contributed by atoms with Crippen LogP contribution in [0.3, 0.4) is 0 Å². The van der Waals surface area contributed by atoms with E-state index < -0.39 is 5.60 Å². The highest BCUT2D eigenvalue weighted by atomic mass is 79.9. The van der Waals surface area contributed by atoms with Gasteiger partial charge >= 0.3 is 0 Å². The van der Waals surface area contributed by atoms with E-state index in [1.807, 2.05) is 0 Å². The molecule has 2 nitrogen and oxygen atoms in total. The number of thiophene rings is 1. The van der Waals surface area contributed by atoms with E-state index in [1.165, 1.54) is 17.7 Å². The fraction of sp³-hybridized carbons (Fsp3) is 0.692. The molecule has 0 aromatic carbocycles. The van der Waals surface area contributed by atoms with Crippen LogP contribution < -0.4 is 0 Å². The van der Waals surface area contributed by atoms with Gasteiger partial charge in [-0.3, -0.25) is 4.90 Å². The van der Waals surface area contributed by atoms with Crippen molar-refractivity contribution in [2.45, 2.75) is 50.3 Å². The molecule has 2 aliphatic rings. The molecule has 94 valence electrons. The zero-order chi connectivity index (χ0) is 12.0. The molecule has 17 heavy (non-hydrogen) atoms. The molecule has 1 saturated carbocycles. The van der Waals surface area contributed by atoms with Crippen molar-refractivity contribution in [3.63, 3.8) is 0 Å². The summed E-state index contributed by atoms with van der Waals surface area (Å²) in [4.78, 5) is 3.78. The maximum Gasteiger partial charge on any atom is 0.0837 e. The molecule has 2 atom stereocenters. The predicted octanol–water partition coefficient (Wildman–Crippen LogP) is 3.04. The number of rotatable bonds is 3. The number of hydrogen-bond acceptors (Lipinski definition) is 3. The van der Waals surface area contributed by atoms with E-state index in [0.29, 0.717) is 6.04 Å². The second kappa shape index (κ2) is 4.34. The average molecular weight is 316 g/mol. The lowest BCUT2D eigenvalue weighted by molar-refractivity contribution is 0.0494. The molecule has 0 spiro atoms. The van der Waals surface area contributed by atoms with Gasteiger partial charge in [0.15, 0.2) is 0 Å². The maximum atomic E-state index is 10.7. The lowest BCUT2D eigenvalue weighted by atomic mass is 9.96. The molecule has 1 saturated heterocycles. The van der Waals surface area contributed by atoms with E-state index in [1.54, 1.807) is 11.3 Å². The summed E-state index contributed by atoms with van der Waals surface area (Å²) in [6.07, 6.45) is 4.37. The van der Waals surface area contributed by atoms with Gasteiger partial charge < -0.3 is 5.11 Å². The molecule has 1 aromatic heterocycles. The Morgan fingerprint density at radius 3 is 2.94 bits per heavy atom. The van der Waals surface area contributed by atoms with E-state index in [2.05, 4.69) is 39.2 Å². The lowest BCUT2D eigenvalue weighted by Crippen LogP contribution is -2.36. The smallest absolute Gasteiger partial charge is 0.0837 e. The van der Waals surface area contributed by atoms with Crippen molar-refractivity contribution in [3.05, 3.63) is 20.8 Å². The van der Waals surface area contributed by atoms with Crippen LogP contribution in [0.1, 0.15) is 31.1 Å². The Morgan fingerprint density at radius 2 is 2.35 bits per heavy atom. The molecular weight excluding hydrogens is 298 g/mol. The number of β-amino-alcohol motifs (C(OH)–C–C–N with tert-alkyl or cyclic N) is 1. The highest BCUT2D eigenvalue weighted by Crippen LogP contribution is 2.39. The number of halogens is 1. The van der Waals surface area contributed by atoms with Crippen molar-refractivity contribution in [2.24, 2.45) is 0 Å². The molecule has 2 unspecified atom stereocenters. The van der Waals surface area contributed by atoms with Gasteiger partial charge in [0.2, 0.25) is 0 Å². The molecule has 1 aliphatic carbocycles. The molecule has 1 aromatic rings. The molecule has 2 heterocycles.